The highest BCUT2D eigenvalue weighted by Gasteiger charge is 2.29. The summed E-state index contributed by atoms with van der Waals surface area (Å²) in [5.74, 6) is 0.372. The number of aryl methyl sites for hydroxylation is 2. The Labute approximate surface area is 168 Å². The van der Waals surface area contributed by atoms with E-state index in [1.54, 1.807) is 7.05 Å². The van der Waals surface area contributed by atoms with Gasteiger partial charge in [0.05, 0.1) is 5.75 Å². The van der Waals surface area contributed by atoms with Crippen LogP contribution < -0.4 is 11.2 Å². The minimum Gasteiger partial charge on any atom is -0.337 e. The van der Waals surface area contributed by atoms with E-state index in [-0.39, 0.29) is 29.3 Å². The van der Waals surface area contributed by atoms with E-state index in [0.717, 1.165) is 30.3 Å². The van der Waals surface area contributed by atoms with Crippen molar-refractivity contribution in [3.63, 3.8) is 0 Å². The highest BCUT2D eigenvalue weighted by Crippen LogP contribution is 2.26. The number of imidazole rings is 1. The van der Waals surface area contributed by atoms with Gasteiger partial charge < -0.3 is 9.47 Å². The van der Waals surface area contributed by atoms with Crippen LogP contribution in [0.2, 0.25) is 0 Å². The molecule has 1 fully saturated rings. The zero-order valence-electron chi connectivity index (χ0n) is 17.3. The maximum absolute atomic E-state index is 12.9. The van der Waals surface area contributed by atoms with Gasteiger partial charge in [-0.2, -0.15) is 0 Å². The van der Waals surface area contributed by atoms with E-state index < -0.39 is 5.69 Å². The Balaban J connectivity index is 1.95. The van der Waals surface area contributed by atoms with Gasteiger partial charge >= 0.3 is 5.69 Å². The number of amides is 1. The number of aromatic nitrogens is 4. The molecule has 1 saturated heterocycles. The predicted molar refractivity (Wildman–Crippen MR) is 111 cm³/mol. The third kappa shape index (κ3) is 3.52. The van der Waals surface area contributed by atoms with Crippen LogP contribution in [0.5, 0.6) is 0 Å². The highest BCUT2D eigenvalue weighted by atomic mass is 32.2. The number of hydrogen-bond acceptors (Lipinski definition) is 5. The molecule has 0 bridgehead atoms. The van der Waals surface area contributed by atoms with E-state index in [1.165, 1.54) is 23.4 Å². The number of carbonyl (C=O) groups is 1. The van der Waals surface area contributed by atoms with Crippen LogP contribution in [0.3, 0.4) is 0 Å². The Bertz CT molecular complexity index is 996. The van der Waals surface area contributed by atoms with Crippen LogP contribution in [0.15, 0.2) is 14.7 Å². The average molecular weight is 408 g/mol. The Kier molecular flexibility index (Phi) is 6.02. The number of fused-ring (bicyclic) bond motifs is 1. The third-order valence-corrected chi connectivity index (χ3v) is 6.53. The van der Waals surface area contributed by atoms with Gasteiger partial charge in [-0.05, 0) is 39.5 Å². The number of carbonyl (C=O) groups excluding carboxylic acids is 1. The van der Waals surface area contributed by atoms with E-state index in [4.69, 9.17) is 0 Å². The first-order valence-electron chi connectivity index (χ1n) is 9.88. The van der Waals surface area contributed by atoms with Crippen molar-refractivity contribution in [3.05, 3.63) is 20.8 Å². The number of likely N-dealkylation sites (tertiary alicyclic amines) is 1. The fourth-order valence-electron chi connectivity index (χ4n) is 4.08. The second-order valence-corrected chi connectivity index (χ2v) is 8.59. The van der Waals surface area contributed by atoms with Crippen LogP contribution >= 0.6 is 11.8 Å². The third-order valence-electron chi connectivity index (χ3n) is 5.57. The van der Waals surface area contributed by atoms with Gasteiger partial charge in [-0.1, -0.05) is 18.7 Å². The summed E-state index contributed by atoms with van der Waals surface area (Å²) in [7, 11) is 3.09. The molecule has 1 aliphatic rings. The molecular formula is C19H29N5O3S. The molecule has 0 N–H and O–H groups in total. The van der Waals surface area contributed by atoms with Gasteiger partial charge in [-0.3, -0.25) is 18.7 Å². The number of piperidine rings is 1. The highest BCUT2D eigenvalue weighted by molar-refractivity contribution is 7.99. The molecule has 3 heterocycles. The fourth-order valence-corrected chi connectivity index (χ4v) is 4.97. The summed E-state index contributed by atoms with van der Waals surface area (Å²) in [5.41, 5.74) is 0.0371. The normalized spacial score (nSPS) is 20.1. The van der Waals surface area contributed by atoms with E-state index in [2.05, 4.69) is 18.8 Å². The number of thioether (sulfide) groups is 1. The second-order valence-electron chi connectivity index (χ2n) is 7.64. The minimum absolute atomic E-state index is 0.0987. The first-order chi connectivity index (χ1) is 13.3. The van der Waals surface area contributed by atoms with Gasteiger partial charge in [0.2, 0.25) is 5.91 Å². The van der Waals surface area contributed by atoms with E-state index in [1.807, 2.05) is 16.4 Å². The summed E-state index contributed by atoms with van der Waals surface area (Å²) in [4.78, 5) is 44.3. The van der Waals surface area contributed by atoms with Gasteiger partial charge in [0.25, 0.3) is 5.56 Å². The van der Waals surface area contributed by atoms with Crippen molar-refractivity contribution >= 4 is 28.8 Å². The quantitative estimate of drug-likeness (QED) is 0.705. The van der Waals surface area contributed by atoms with Crippen molar-refractivity contribution in [1.29, 1.82) is 0 Å². The molecule has 0 saturated carbocycles. The van der Waals surface area contributed by atoms with Crippen LogP contribution in [-0.2, 0) is 25.4 Å². The number of nitrogens with zero attached hydrogens (tertiary/aromatic N) is 5. The summed E-state index contributed by atoms with van der Waals surface area (Å²) >= 11 is 1.34. The lowest BCUT2D eigenvalue weighted by Gasteiger charge is -2.39. The molecule has 3 rings (SSSR count). The Morgan fingerprint density at radius 1 is 1.14 bits per heavy atom. The number of rotatable bonds is 5. The molecule has 0 unspecified atom stereocenters. The molecule has 2 aromatic heterocycles. The molecule has 8 nitrogen and oxygen atoms in total. The summed E-state index contributed by atoms with van der Waals surface area (Å²) in [6.07, 6.45) is 4.04. The molecule has 0 radical (unpaired) electrons. The molecule has 154 valence electrons. The minimum atomic E-state index is -0.401. The molecule has 1 aliphatic heterocycles. The first-order valence-corrected chi connectivity index (χ1v) is 10.9. The van der Waals surface area contributed by atoms with Gasteiger partial charge in [-0.25, -0.2) is 9.78 Å². The van der Waals surface area contributed by atoms with Crippen molar-refractivity contribution < 1.29 is 4.79 Å². The van der Waals surface area contributed by atoms with Crippen molar-refractivity contribution in [2.24, 2.45) is 14.1 Å². The molecule has 2 atom stereocenters. The Morgan fingerprint density at radius 2 is 1.79 bits per heavy atom. The van der Waals surface area contributed by atoms with Gasteiger partial charge in [-0.15, -0.1) is 0 Å². The van der Waals surface area contributed by atoms with Crippen LogP contribution in [0.1, 0.15) is 46.5 Å². The zero-order valence-corrected chi connectivity index (χ0v) is 18.1. The summed E-state index contributed by atoms with van der Waals surface area (Å²) in [5, 5.41) is 0.612. The van der Waals surface area contributed by atoms with Crippen molar-refractivity contribution in [2.75, 3.05) is 5.75 Å². The zero-order chi connectivity index (χ0) is 20.6. The lowest BCUT2D eigenvalue weighted by molar-refractivity contribution is -0.134. The maximum atomic E-state index is 12.9. The van der Waals surface area contributed by atoms with Crippen molar-refractivity contribution in [3.8, 4) is 0 Å². The standard InChI is InChI=1S/C19H29N5O3S/c1-6-10-23-15-16(21(4)19(27)22(5)17(15)26)20-18(23)28-11-14(25)24-12(2)8-7-9-13(24)3/h12-13H,6-11H2,1-5H3/t12-,13-/m1/s1. The van der Waals surface area contributed by atoms with Crippen molar-refractivity contribution in [2.45, 2.75) is 70.2 Å². The van der Waals surface area contributed by atoms with Gasteiger partial charge in [0.1, 0.15) is 0 Å². The van der Waals surface area contributed by atoms with Gasteiger partial charge in [0.15, 0.2) is 16.3 Å². The molecular weight excluding hydrogens is 378 g/mol. The van der Waals surface area contributed by atoms with Crippen molar-refractivity contribution in [1.82, 2.24) is 23.6 Å². The predicted octanol–water partition coefficient (Wildman–Crippen LogP) is 1.73. The summed E-state index contributed by atoms with van der Waals surface area (Å²) in [6, 6.07) is 0.499. The average Bonchev–Trinajstić information content (AvgIpc) is 3.02. The monoisotopic (exact) mass is 407 g/mol. The fraction of sp³-hybridized carbons (Fsp3) is 0.684. The molecule has 0 aliphatic carbocycles. The molecule has 0 aromatic carbocycles. The molecule has 0 spiro atoms. The Hall–Kier alpha value is -2.03. The summed E-state index contributed by atoms with van der Waals surface area (Å²) in [6.45, 7) is 6.83. The molecule has 2 aromatic rings. The largest absolute Gasteiger partial charge is 0.337 e. The van der Waals surface area contributed by atoms with E-state index >= 15 is 0 Å². The first kappa shape index (κ1) is 20.7. The molecule has 28 heavy (non-hydrogen) atoms. The van der Waals surface area contributed by atoms with Crippen LogP contribution in [0.4, 0.5) is 0 Å². The van der Waals surface area contributed by atoms with Crippen LogP contribution in [0.25, 0.3) is 11.2 Å². The van der Waals surface area contributed by atoms with Crippen LogP contribution in [0, 0.1) is 0 Å². The lowest BCUT2D eigenvalue weighted by Crippen LogP contribution is -2.48. The molecule has 9 heteroatoms. The number of hydrogen-bond donors (Lipinski definition) is 0. The lowest BCUT2D eigenvalue weighted by atomic mass is 9.98. The Morgan fingerprint density at radius 3 is 2.39 bits per heavy atom. The van der Waals surface area contributed by atoms with E-state index in [9.17, 15) is 14.4 Å². The smallest absolute Gasteiger partial charge is 0.332 e. The maximum Gasteiger partial charge on any atom is 0.332 e. The second kappa shape index (κ2) is 8.14. The SMILES string of the molecule is CCCn1c(SCC(=O)N2[C@H](C)CCC[C@H]2C)nc2c1c(=O)n(C)c(=O)n2C. The van der Waals surface area contributed by atoms with E-state index in [0.29, 0.717) is 22.9 Å². The topological polar surface area (TPSA) is 82.1 Å². The van der Waals surface area contributed by atoms with Gasteiger partial charge in [0, 0.05) is 32.7 Å². The molecule has 1 amide bonds. The summed E-state index contributed by atoms with van der Waals surface area (Å²) < 4.78 is 4.34. The van der Waals surface area contributed by atoms with Crippen LogP contribution in [-0.4, -0.2) is 47.3 Å².